The first kappa shape index (κ1) is 18.5. The van der Waals surface area contributed by atoms with Crippen LogP contribution in [0.25, 0.3) is 0 Å². The van der Waals surface area contributed by atoms with E-state index < -0.39 is 15.6 Å². The highest BCUT2D eigenvalue weighted by Gasteiger charge is 2.42. The van der Waals surface area contributed by atoms with Gasteiger partial charge in [0.1, 0.15) is 11.4 Å². The summed E-state index contributed by atoms with van der Waals surface area (Å²) >= 11 is 1.84. The number of fused-ring (bicyclic) bond motifs is 1. The number of hydrogen-bond donors (Lipinski definition) is 1. The van der Waals surface area contributed by atoms with E-state index in [0.717, 1.165) is 44.5 Å². The monoisotopic (exact) mass is 384 g/mol. The van der Waals surface area contributed by atoms with E-state index in [2.05, 4.69) is 15.9 Å². The summed E-state index contributed by atoms with van der Waals surface area (Å²) in [6.07, 6.45) is 5.24. The molecule has 1 aromatic rings. The molecule has 3 rings (SSSR count). The smallest absolute Gasteiger partial charge is 0.229 e. The third-order valence-electron chi connectivity index (χ3n) is 4.77. The molecule has 0 unspecified atom stereocenters. The lowest BCUT2D eigenvalue weighted by Crippen LogP contribution is -2.51. The third kappa shape index (κ3) is 4.48. The van der Waals surface area contributed by atoms with Crippen LogP contribution < -0.4 is 9.46 Å². The molecule has 1 saturated heterocycles. The van der Waals surface area contributed by atoms with Crippen molar-refractivity contribution in [2.75, 3.05) is 42.6 Å². The average Bonchev–Trinajstić information content (AvgIpc) is 2.54. The topological polar surface area (TPSA) is 75.7 Å². The van der Waals surface area contributed by atoms with Crippen LogP contribution in [0.4, 0.5) is 5.69 Å². The van der Waals surface area contributed by atoms with Crippen LogP contribution in [-0.2, 0) is 10.0 Å². The van der Waals surface area contributed by atoms with Gasteiger partial charge in [0.25, 0.3) is 0 Å². The Morgan fingerprint density at radius 2 is 2.04 bits per heavy atom. The van der Waals surface area contributed by atoms with Gasteiger partial charge in [0.15, 0.2) is 5.78 Å². The van der Waals surface area contributed by atoms with Crippen LogP contribution >= 0.6 is 11.8 Å². The number of thioether (sulfide) groups is 1. The summed E-state index contributed by atoms with van der Waals surface area (Å²) in [4.78, 5) is 15.1. The number of benzene rings is 1. The molecule has 0 atom stereocenters. The first-order chi connectivity index (χ1) is 11.8. The quantitative estimate of drug-likeness (QED) is 0.839. The molecule has 8 heteroatoms. The fraction of sp³-hybridized carbons (Fsp3) is 0.588. The summed E-state index contributed by atoms with van der Waals surface area (Å²) in [7, 11) is -3.37. The largest absolute Gasteiger partial charge is 0.486 e. The lowest BCUT2D eigenvalue weighted by atomic mass is 9.82. The molecule has 25 heavy (non-hydrogen) atoms. The van der Waals surface area contributed by atoms with Gasteiger partial charge in [0.05, 0.1) is 18.2 Å². The first-order valence-electron chi connectivity index (χ1n) is 8.36. The molecule has 138 valence electrons. The van der Waals surface area contributed by atoms with Crippen LogP contribution in [0.3, 0.4) is 0 Å². The van der Waals surface area contributed by atoms with Gasteiger partial charge in [-0.1, -0.05) is 0 Å². The number of ether oxygens (including phenoxy) is 1. The highest BCUT2D eigenvalue weighted by Crippen LogP contribution is 2.40. The van der Waals surface area contributed by atoms with E-state index in [1.807, 2.05) is 11.8 Å². The minimum atomic E-state index is -3.37. The van der Waals surface area contributed by atoms with E-state index >= 15 is 0 Å². The number of piperidine rings is 1. The predicted molar refractivity (Wildman–Crippen MR) is 101 cm³/mol. The molecule has 0 radical (unpaired) electrons. The number of sulfonamides is 1. The minimum absolute atomic E-state index is 0.0240. The van der Waals surface area contributed by atoms with Crippen molar-refractivity contribution in [2.24, 2.45) is 0 Å². The van der Waals surface area contributed by atoms with Crippen LogP contribution in [0.5, 0.6) is 5.75 Å². The number of rotatable bonds is 5. The highest BCUT2D eigenvalue weighted by atomic mass is 32.2. The van der Waals surface area contributed by atoms with Crippen molar-refractivity contribution in [3.05, 3.63) is 23.8 Å². The van der Waals surface area contributed by atoms with E-state index in [9.17, 15) is 13.2 Å². The molecule has 1 aromatic carbocycles. The van der Waals surface area contributed by atoms with Gasteiger partial charge in [-0.15, -0.1) is 0 Å². The maximum atomic E-state index is 12.7. The Morgan fingerprint density at radius 3 is 2.68 bits per heavy atom. The van der Waals surface area contributed by atoms with Crippen molar-refractivity contribution in [3.63, 3.8) is 0 Å². The van der Waals surface area contributed by atoms with Crippen molar-refractivity contribution in [3.8, 4) is 5.75 Å². The van der Waals surface area contributed by atoms with Crippen molar-refractivity contribution in [2.45, 2.75) is 24.9 Å². The average molecular weight is 385 g/mol. The van der Waals surface area contributed by atoms with E-state index in [1.54, 1.807) is 18.2 Å². The Hall–Kier alpha value is -1.25. The van der Waals surface area contributed by atoms with Gasteiger partial charge in [-0.05, 0) is 24.5 Å². The number of carbonyl (C=O) groups excluding carboxylic acids is 1. The number of Topliss-reactive ketones (excluding diaryl/α,β-unsaturated/α-hetero) is 1. The van der Waals surface area contributed by atoms with E-state index in [-0.39, 0.29) is 5.78 Å². The van der Waals surface area contributed by atoms with E-state index in [0.29, 0.717) is 23.4 Å². The van der Waals surface area contributed by atoms with Gasteiger partial charge in [0.2, 0.25) is 10.0 Å². The molecule has 2 aliphatic heterocycles. The standard InChI is InChI=1S/C17H24N2O4S2/c1-24-10-9-19-7-5-17(6-8-19)12-15(20)14-11-13(18-25(2,21)22)3-4-16(14)23-17/h3-4,11,18H,5-10,12H2,1-2H3. The summed E-state index contributed by atoms with van der Waals surface area (Å²) in [5, 5.41) is 0. The lowest BCUT2D eigenvalue weighted by Gasteiger charge is -2.44. The first-order valence-corrected chi connectivity index (χ1v) is 11.6. The molecule has 6 nitrogen and oxygen atoms in total. The third-order valence-corrected chi connectivity index (χ3v) is 5.97. The van der Waals surface area contributed by atoms with Gasteiger partial charge in [-0.3, -0.25) is 9.52 Å². The summed E-state index contributed by atoms with van der Waals surface area (Å²) in [6.45, 7) is 2.95. The Labute approximate surface area is 153 Å². The molecule has 0 amide bonds. The maximum absolute atomic E-state index is 12.7. The van der Waals surface area contributed by atoms with Gasteiger partial charge < -0.3 is 9.64 Å². The van der Waals surface area contributed by atoms with Crippen molar-refractivity contribution < 1.29 is 17.9 Å². The van der Waals surface area contributed by atoms with Crippen LogP contribution in [0.15, 0.2) is 18.2 Å². The molecule has 0 bridgehead atoms. The number of hydrogen-bond acceptors (Lipinski definition) is 6. The van der Waals surface area contributed by atoms with Crippen LogP contribution in [-0.4, -0.2) is 62.6 Å². The van der Waals surface area contributed by atoms with Crippen molar-refractivity contribution in [1.82, 2.24) is 4.90 Å². The van der Waals surface area contributed by atoms with Gasteiger partial charge >= 0.3 is 0 Å². The van der Waals surface area contributed by atoms with Crippen LogP contribution in [0.1, 0.15) is 29.6 Å². The molecule has 0 saturated carbocycles. The normalized spacial score (nSPS) is 20.2. The SMILES string of the molecule is CSCCN1CCC2(CC1)CC(=O)c1cc(NS(C)(=O)=O)ccc1O2. The number of likely N-dealkylation sites (tertiary alicyclic amines) is 1. The lowest BCUT2D eigenvalue weighted by molar-refractivity contribution is -0.00757. The van der Waals surface area contributed by atoms with Crippen LogP contribution in [0.2, 0.25) is 0 Å². The molecule has 1 N–H and O–H groups in total. The van der Waals surface area contributed by atoms with E-state index in [4.69, 9.17) is 4.74 Å². The molecular formula is C17H24N2O4S2. The molecule has 1 spiro atoms. The fourth-order valence-corrected chi connectivity index (χ4v) is 4.45. The Morgan fingerprint density at radius 1 is 1.32 bits per heavy atom. The second-order valence-corrected chi connectivity index (χ2v) is 9.54. The zero-order valence-electron chi connectivity index (χ0n) is 14.6. The fourth-order valence-electron chi connectivity index (χ4n) is 3.46. The number of ketones is 1. The summed E-state index contributed by atoms with van der Waals surface area (Å²) in [5.74, 6) is 1.70. The number of carbonyl (C=O) groups is 1. The van der Waals surface area contributed by atoms with Gasteiger partial charge in [-0.25, -0.2) is 8.42 Å². The zero-order chi connectivity index (χ0) is 18.1. The number of nitrogens with zero attached hydrogens (tertiary/aromatic N) is 1. The van der Waals surface area contributed by atoms with Crippen molar-refractivity contribution >= 4 is 33.3 Å². The van der Waals surface area contributed by atoms with Crippen LogP contribution in [0, 0.1) is 0 Å². The van der Waals surface area contributed by atoms with Gasteiger partial charge in [0, 0.05) is 43.9 Å². The van der Waals surface area contributed by atoms with Gasteiger partial charge in [-0.2, -0.15) is 11.8 Å². The maximum Gasteiger partial charge on any atom is 0.229 e. The molecule has 1 fully saturated rings. The molecule has 2 aliphatic rings. The number of anilines is 1. The summed E-state index contributed by atoms with van der Waals surface area (Å²) < 4.78 is 31.4. The molecule has 2 heterocycles. The zero-order valence-corrected chi connectivity index (χ0v) is 16.2. The molecule has 0 aromatic heterocycles. The summed E-state index contributed by atoms with van der Waals surface area (Å²) in [5.41, 5.74) is 0.441. The van der Waals surface area contributed by atoms with Crippen molar-refractivity contribution in [1.29, 1.82) is 0 Å². The Balaban J connectivity index is 1.73. The second kappa shape index (κ2) is 7.17. The highest BCUT2D eigenvalue weighted by molar-refractivity contribution is 7.98. The summed E-state index contributed by atoms with van der Waals surface area (Å²) in [6, 6.07) is 4.90. The van der Waals surface area contributed by atoms with E-state index in [1.165, 1.54) is 0 Å². The number of nitrogens with one attached hydrogen (secondary N) is 1. The second-order valence-electron chi connectivity index (χ2n) is 6.80. The molecular weight excluding hydrogens is 360 g/mol. The minimum Gasteiger partial charge on any atom is -0.486 e. The molecule has 0 aliphatic carbocycles. The predicted octanol–water partition coefficient (Wildman–Crippen LogP) is 2.22. The Kier molecular flexibility index (Phi) is 5.31. The Bertz CT molecular complexity index is 756.